The van der Waals surface area contributed by atoms with E-state index in [1.54, 1.807) is 0 Å². The Labute approximate surface area is 123 Å². The van der Waals surface area contributed by atoms with E-state index in [9.17, 15) is 14.3 Å². The molecule has 0 aromatic heterocycles. The summed E-state index contributed by atoms with van der Waals surface area (Å²) in [5.41, 5.74) is 1.22. The number of aliphatic hydroxyl groups excluding tert-OH is 1. The SMILES string of the molecule is C[C@H](C[C@H](O)c1ccccc1)NC(=O)c1ccc(F)cc1. The van der Waals surface area contributed by atoms with E-state index in [0.29, 0.717) is 12.0 Å². The molecule has 1 amide bonds. The smallest absolute Gasteiger partial charge is 0.251 e. The van der Waals surface area contributed by atoms with Crippen LogP contribution in [0.3, 0.4) is 0 Å². The maximum atomic E-state index is 12.8. The fourth-order valence-corrected chi connectivity index (χ4v) is 2.11. The van der Waals surface area contributed by atoms with Crippen molar-refractivity contribution in [2.45, 2.75) is 25.5 Å². The predicted octanol–water partition coefficient (Wildman–Crippen LogP) is 3.07. The number of aliphatic hydroxyl groups is 1. The summed E-state index contributed by atoms with van der Waals surface area (Å²) in [5.74, 6) is -0.651. The molecule has 2 atom stereocenters. The van der Waals surface area contributed by atoms with Crippen LogP contribution in [-0.4, -0.2) is 17.1 Å². The number of carbonyl (C=O) groups excluding carboxylic acids is 1. The summed E-state index contributed by atoms with van der Waals surface area (Å²) in [6.45, 7) is 1.83. The van der Waals surface area contributed by atoms with E-state index in [1.165, 1.54) is 24.3 Å². The number of nitrogens with one attached hydrogen (secondary N) is 1. The molecule has 0 radical (unpaired) electrons. The number of amides is 1. The van der Waals surface area contributed by atoms with Gasteiger partial charge in [-0.1, -0.05) is 30.3 Å². The van der Waals surface area contributed by atoms with Gasteiger partial charge in [0.15, 0.2) is 0 Å². The molecular weight excluding hydrogens is 269 g/mol. The summed E-state index contributed by atoms with van der Waals surface area (Å²) in [6.07, 6.45) is -0.216. The van der Waals surface area contributed by atoms with Crippen molar-refractivity contribution >= 4 is 5.91 Å². The number of hydrogen-bond acceptors (Lipinski definition) is 2. The zero-order chi connectivity index (χ0) is 15.2. The minimum absolute atomic E-state index is 0.197. The van der Waals surface area contributed by atoms with Crippen LogP contribution >= 0.6 is 0 Å². The van der Waals surface area contributed by atoms with Gasteiger partial charge in [-0.15, -0.1) is 0 Å². The first kappa shape index (κ1) is 15.2. The highest BCUT2D eigenvalue weighted by Crippen LogP contribution is 2.17. The Hall–Kier alpha value is -2.20. The van der Waals surface area contributed by atoms with Gasteiger partial charge in [0, 0.05) is 11.6 Å². The third kappa shape index (κ3) is 4.39. The Morgan fingerprint density at radius 2 is 1.76 bits per heavy atom. The van der Waals surface area contributed by atoms with E-state index in [2.05, 4.69) is 5.32 Å². The first-order chi connectivity index (χ1) is 10.1. The average Bonchev–Trinajstić information content (AvgIpc) is 2.48. The van der Waals surface area contributed by atoms with Gasteiger partial charge in [0.05, 0.1) is 6.10 Å². The molecule has 0 spiro atoms. The Bertz CT molecular complexity index is 583. The first-order valence-electron chi connectivity index (χ1n) is 6.85. The molecule has 0 bridgehead atoms. The monoisotopic (exact) mass is 287 g/mol. The Morgan fingerprint density at radius 1 is 1.14 bits per heavy atom. The van der Waals surface area contributed by atoms with Crippen molar-refractivity contribution in [1.29, 1.82) is 0 Å². The van der Waals surface area contributed by atoms with Crippen LogP contribution < -0.4 is 5.32 Å². The predicted molar refractivity (Wildman–Crippen MR) is 79.3 cm³/mol. The molecule has 0 aliphatic heterocycles. The van der Waals surface area contributed by atoms with Crippen molar-refractivity contribution in [1.82, 2.24) is 5.32 Å². The maximum Gasteiger partial charge on any atom is 0.251 e. The van der Waals surface area contributed by atoms with Gasteiger partial charge in [0.1, 0.15) is 5.82 Å². The largest absolute Gasteiger partial charge is 0.388 e. The summed E-state index contributed by atoms with van der Waals surface area (Å²) in [4.78, 5) is 12.0. The molecule has 0 saturated heterocycles. The molecule has 0 heterocycles. The van der Waals surface area contributed by atoms with Crippen LogP contribution in [0.1, 0.15) is 35.4 Å². The van der Waals surface area contributed by atoms with E-state index in [0.717, 1.165) is 5.56 Å². The summed E-state index contributed by atoms with van der Waals surface area (Å²) >= 11 is 0. The second-order valence-corrected chi connectivity index (χ2v) is 5.04. The van der Waals surface area contributed by atoms with Crippen molar-refractivity contribution < 1.29 is 14.3 Å². The normalized spacial score (nSPS) is 13.5. The number of benzene rings is 2. The molecule has 2 N–H and O–H groups in total. The van der Waals surface area contributed by atoms with Crippen LogP contribution in [0.15, 0.2) is 54.6 Å². The standard InChI is InChI=1S/C17H18FNO2/c1-12(11-16(20)13-5-3-2-4-6-13)19-17(21)14-7-9-15(18)10-8-14/h2-10,12,16,20H,11H2,1H3,(H,19,21)/t12-,16+/m1/s1. The van der Waals surface area contributed by atoms with Crippen LogP contribution in [0.4, 0.5) is 4.39 Å². The van der Waals surface area contributed by atoms with E-state index in [-0.39, 0.29) is 17.8 Å². The van der Waals surface area contributed by atoms with Gasteiger partial charge in [0.2, 0.25) is 0 Å². The van der Waals surface area contributed by atoms with Crippen LogP contribution in [0.2, 0.25) is 0 Å². The summed E-state index contributed by atoms with van der Waals surface area (Å²) in [6, 6.07) is 14.5. The lowest BCUT2D eigenvalue weighted by Gasteiger charge is -2.18. The molecule has 110 valence electrons. The quantitative estimate of drug-likeness (QED) is 0.888. The minimum Gasteiger partial charge on any atom is -0.388 e. The van der Waals surface area contributed by atoms with Crippen LogP contribution in [0, 0.1) is 5.82 Å². The molecule has 2 aromatic carbocycles. The van der Waals surface area contributed by atoms with Crippen LogP contribution in [0.25, 0.3) is 0 Å². The third-order valence-electron chi connectivity index (χ3n) is 3.25. The van der Waals surface area contributed by atoms with Crippen LogP contribution in [0.5, 0.6) is 0 Å². The Morgan fingerprint density at radius 3 is 2.38 bits per heavy atom. The lowest BCUT2D eigenvalue weighted by atomic mass is 10.0. The molecule has 2 rings (SSSR count). The summed E-state index contributed by atoms with van der Waals surface area (Å²) in [7, 11) is 0. The highest BCUT2D eigenvalue weighted by atomic mass is 19.1. The zero-order valence-electron chi connectivity index (χ0n) is 11.8. The van der Waals surface area contributed by atoms with Gasteiger partial charge in [-0.2, -0.15) is 0 Å². The highest BCUT2D eigenvalue weighted by molar-refractivity contribution is 5.94. The third-order valence-corrected chi connectivity index (χ3v) is 3.25. The van der Waals surface area contributed by atoms with Gasteiger partial charge in [-0.3, -0.25) is 4.79 Å². The van der Waals surface area contributed by atoms with Crippen molar-refractivity contribution in [3.8, 4) is 0 Å². The fraction of sp³-hybridized carbons (Fsp3) is 0.235. The minimum atomic E-state index is -0.630. The maximum absolute atomic E-state index is 12.8. The van der Waals surface area contributed by atoms with E-state index in [4.69, 9.17) is 0 Å². The number of hydrogen-bond donors (Lipinski definition) is 2. The van der Waals surface area contributed by atoms with Gasteiger partial charge in [-0.25, -0.2) is 4.39 Å². The number of rotatable bonds is 5. The summed E-state index contributed by atoms with van der Waals surface area (Å²) < 4.78 is 12.8. The molecule has 3 nitrogen and oxygen atoms in total. The van der Waals surface area contributed by atoms with Crippen molar-refractivity contribution in [3.05, 3.63) is 71.5 Å². The number of halogens is 1. The van der Waals surface area contributed by atoms with E-state index < -0.39 is 6.10 Å². The first-order valence-corrected chi connectivity index (χ1v) is 6.85. The van der Waals surface area contributed by atoms with Crippen molar-refractivity contribution in [2.75, 3.05) is 0 Å². The highest BCUT2D eigenvalue weighted by Gasteiger charge is 2.15. The lowest BCUT2D eigenvalue weighted by Crippen LogP contribution is -2.33. The molecule has 0 aliphatic carbocycles. The van der Waals surface area contributed by atoms with E-state index in [1.807, 2.05) is 37.3 Å². The fourth-order valence-electron chi connectivity index (χ4n) is 2.11. The molecule has 2 aromatic rings. The topological polar surface area (TPSA) is 49.3 Å². The van der Waals surface area contributed by atoms with Gasteiger partial charge in [-0.05, 0) is 43.2 Å². The van der Waals surface area contributed by atoms with Gasteiger partial charge >= 0.3 is 0 Å². The zero-order valence-corrected chi connectivity index (χ0v) is 11.8. The van der Waals surface area contributed by atoms with Gasteiger partial charge < -0.3 is 10.4 Å². The van der Waals surface area contributed by atoms with Crippen LogP contribution in [-0.2, 0) is 0 Å². The average molecular weight is 287 g/mol. The van der Waals surface area contributed by atoms with E-state index >= 15 is 0 Å². The Balaban J connectivity index is 1.91. The van der Waals surface area contributed by atoms with Crippen molar-refractivity contribution in [3.63, 3.8) is 0 Å². The molecular formula is C17H18FNO2. The molecule has 4 heteroatoms. The lowest BCUT2D eigenvalue weighted by molar-refractivity contribution is 0.0917. The molecule has 0 unspecified atom stereocenters. The molecule has 21 heavy (non-hydrogen) atoms. The van der Waals surface area contributed by atoms with Crippen molar-refractivity contribution in [2.24, 2.45) is 0 Å². The Kier molecular flexibility index (Phi) is 5.06. The van der Waals surface area contributed by atoms with Gasteiger partial charge in [0.25, 0.3) is 5.91 Å². The second kappa shape index (κ2) is 6.99. The second-order valence-electron chi connectivity index (χ2n) is 5.04. The molecule has 0 saturated carbocycles. The molecule has 0 fully saturated rings. The summed E-state index contributed by atoms with van der Waals surface area (Å²) in [5, 5.41) is 12.9. The molecule has 0 aliphatic rings. The number of carbonyl (C=O) groups is 1.